The largest absolute Gasteiger partial charge is 0.507 e. The lowest BCUT2D eigenvalue weighted by Crippen LogP contribution is -2.07. The summed E-state index contributed by atoms with van der Waals surface area (Å²) in [6.45, 7) is 0. The average Bonchev–Trinajstić information content (AvgIpc) is 1.94. The number of alkyl halides is 3. The average molecular weight is 322 g/mol. The Bertz CT molecular complexity index is 337. The normalized spacial score (nSPS) is 11.8. The molecule has 0 bridgehead atoms. The number of rotatable bonds is 0. The maximum atomic E-state index is 12.2. The van der Waals surface area contributed by atoms with Gasteiger partial charge in [-0.1, -0.05) is 11.6 Å². The van der Waals surface area contributed by atoms with Gasteiger partial charge in [0.1, 0.15) is 5.75 Å². The highest BCUT2D eigenvalue weighted by Gasteiger charge is 2.34. The fourth-order valence-electron chi connectivity index (χ4n) is 0.781. The van der Waals surface area contributed by atoms with Crippen molar-refractivity contribution in [2.75, 3.05) is 0 Å². The van der Waals surface area contributed by atoms with Crippen LogP contribution in [0.25, 0.3) is 0 Å². The summed E-state index contributed by atoms with van der Waals surface area (Å²) < 4.78 is 36.5. The molecule has 0 aliphatic rings. The summed E-state index contributed by atoms with van der Waals surface area (Å²) in [5, 5.41) is 8.92. The van der Waals surface area contributed by atoms with Gasteiger partial charge < -0.3 is 5.11 Å². The van der Waals surface area contributed by atoms with Gasteiger partial charge in [-0.3, -0.25) is 0 Å². The second-order valence-electron chi connectivity index (χ2n) is 2.28. The SMILES string of the molecule is Oc1cc(Cl)cc(C(F)(F)F)c1I. The molecule has 0 spiro atoms. The van der Waals surface area contributed by atoms with E-state index in [-0.39, 0.29) is 8.59 Å². The Hall–Kier alpha value is -0.170. The zero-order valence-electron chi connectivity index (χ0n) is 5.99. The lowest BCUT2D eigenvalue weighted by atomic mass is 10.2. The lowest BCUT2D eigenvalue weighted by molar-refractivity contribution is -0.138. The van der Waals surface area contributed by atoms with E-state index in [1.807, 2.05) is 0 Å². The quantitative estimate of drug-likeness (QED) is 0.723. The van der Waals surface area contributed by atoms with Gasteiger partial charge in [0, 0.05) is 5.02 Å². The minimum absolute atomic E-state index is 0.134. The topological polar surface area (TPSA) is 20.2 Å². The smallest absolute Gasteiger partial charge is 0.417 e. The first-order valence-corrected chi connectivity index (χ1v) is 4.53. The van der Waals surface area contributed by atoms with E-state index in [0.29, 0.717) is 0 Å². The van der Waals surface area contributed by atoms with Crippen LogP contribution in [-0.2, 0) is 6.18 Å². The molecule has 0 aromatic heterocycles. The minimum Gasteiger partial charge on any atom is -0.507 e. The van der Waals surface area contributed by atoms with Crippen LogP contribution in [0.15, 0.2) is 12.1 Å². The highest BCUT2D eigenvalue weighted by atomic mass is 127. The molecule has 13 heavy (non-hydrogen) atoms. The van der Waals surface area contributed by atoms with Gasteiger partial charge in [-0.15, -0.1) is 0 Å². The van der Waals surface area contributed by atoms with E-state index < -0.39 is 17.5 Å². The summed E-state index contributed by atoms with van der Waals surface area (Å²) in [5.74, 6) is -0.458. The van der Waals surface area contributed by atoms with Crippen LogP contribution in [0.2, 0.25) is 5.02 Å². The van der Waals surface area contributed by atoms with Crippen LogP contribution in [0.1, 0.15) is 5.56 Å². The number of hydrogen-bond acceptors (Lipinski definition) is 1. The number of halogens is 5. The third kappa shape index (κ3) is 2.40. The summed E-state index contributed by atoms with van der Waals surface area (Å²) in [6, 6.07) is 1.85. The van der Waals surface area contributed by atoms with Crippen molar-refractivity contribution in [2.45, 2.75) is 6.18 Å². The molecule has 0 radical (unpaired) electrons. The van der Waals surface area contributed by atoms with Gasteiger partial charge in [-0.2, -0.15) is 13.2 Å². The van der Waals surface area contributed by atoms with Crippen molar-refractivity contribution in [3.63, 3.8) is 0 Å². The van der Waals surface area contributed by atoms with E-state index in [9.17, 15) is 13.2 Å². The maximum Gasteiger partial charge on any atom is 0.417 e. The molecule has 1 nitrogen and oxygen atoms in total. The zero-order chi connectivity index (χ0) is 10.2. The molecule has 72 valence electrons. The fourth-order valence-corrected chi connectivity index (χ4v) is 1.61. The third-order valence-electron chi connectivity index (χ3n) is 1.32. The van der Waals surface area contributed by atoms with Gasteiger partial charge in [0.25, 0.3) is 0 Å². The number of phenols is 1. The van der Waals surface area contributed by atoms with E-state index in [0.717, 1.165) is 12.1 Å². The molecule has 0 fully saturated rings. The number of benzene rings is 1. The highest BCUT2D eigenvalue weighted by molar-refractivity contribution is 14.1. The Morgan fingerprint density at radius 2 is 1.85 bits per heavy atom. The van der Waals surface area contributed by atoms with Crippen LogP contribution in [-0.4, -0.2) is 5.11 Å². The van der Waals surface area contributed by atoms with Crippen molar-refractivity contribution >= 4 is 34.2 Å². The summed E-state index contributed by atoms with van der Waals surface area (Å²) in [6.07, 6.45) is -4.49. The molecule has 1 aromatic carbocycles. The molecule has 1 aromatic rings. The van der Waals surface area contributed by atoms with Crippen molar-refractivity contribution in [3.8, 4) is 5.75 Å². The van der Waals surface area contributed by atoms with Crippen LogP contribution in [0.5, 0.6) is 5.75 Å². The molecule has 0 amide bonds. The van der Waals surface area contributed by atoms with E-state index in [1.54, 1.807) is 0 Å². The summed E-state index contributed by atoms with van der Waals surface area (Å²) in [7, 11) is 0. The lowest BCUT2D eigenvalue weighted by Gasteiger charge is -2.10. The highest BCUT2D eigenvalue weighted by Crippen LogP contribution is 2.38. The predicted octanol–water partition coefficient (Wildman–Crippen LogP) is 3.67. The molecule has 0 heterocycles. The van der Waals surface area contributed by atoms with Gasteiger partial charge in [-0.05, 0) is 34.7 Å². The van der Waals surface area contributed by atoms with Gasteiger partial charge in [-0.25, -0.2) is 0 Å². The van der Waals surface area contributed by atoms with E-state index in [4.69, 9.17) is 16.7 Å². The van der Waals surface area contributed by atoms with Gasteiger partial charge in [0.2, 0.25) is 0 Å². The van der Waals surface area contributed by atoms with E-state index >= 15 is 0 Å². The third-order valence-corrected chi connectivity index (χ3v) is 2.68. The Labute approximate surface area is 90.7 Å². The summed E-state index contributed by atoms with van der Waals surface area (Å²) in [5.41, 5.74) is -0.918. The second-order valence-corrected chi connectivity index (χ2v) is 3.80. The zero-order valence-corrected chi connectivity index (χ0v) is 8.91. The van der Waals surface area contributed by atoms with Crippen molar-refractivity contribution in [3.05, 3.63) is 26.3 Å². The fraction of sp³-hybridized carbons (Fsp3) is 0.143. The molecule has 0 saturated carbocycles. The first kappa shape index (κ1) is 10.9. The number of phenolic OH excluding ortho intramolecular Hbond substituents is 1. The van der Waals surface area contributed by atoms with E-state index in [1.165, 1.54) is 22.6 Å². The van der Waals surface area contributed by atoms with Crippen LogP contribution in [0.4, 0.5) is 13.2 Å². The monoisotopic (exact) mass is 322 g/mol. The Balaban J connectivity index is 3.37. The van der Waals surface area contributed by atoms with Crippen LogP contribution < -0.4 is 0 Å². The second kappa shape index (κ2) is 3.53. The van der Waals surface area contributed by atoms with Crippen molar-refractivity contribution < 1.29 is 18.3 Å². The molecule has 0 atom stereocenters. The number of hydrogen-bond donors (Lipinski definition) is 1. The van der Waals surface area contributed by atoms with Crippen molar-refractivity contribution in [1.82, 2.24) is 0 Å². The molecule has 1 rings (SSSR count). The van der Waals surface area contributed by atoms with Crippen LogP contribution in [0, 0.1) is 3.57 Å². The first-order valence-electron chi connectivity index (χ1n) is 3.07. The maximum absolute atomic E-state index is 12.2. The predicted molar refractivity (Wildman–Crippen MR) is 50.8 cm³/mol. The Morgan fingerprint density at radius 3 is 2.31 bits per heavy atom. The molecular formula is C7H3ClF3IO. The molecule has 6 heteroatoms. The molecule has 0 unspecified atom stereocenters. The van der Waals surface area contributed by atoms with Crippen LogP contribution in [0.3, 0.4) is 0 Å². The molecule has 1 N–H and O–H groups in total. The Morgan fingerprint density at radius 1 is 1.31 bits per heavy atom. The molecule has 0 saturated heterocycles. The minimum atomic E-state index is -4.49. The van der Waals surface area contributed by atoms with Gasteiger partial charge in [0.15, 0.2) is 0 Å². The Kier molecular flexibility index (Phi) is 2.96. The van der Waals surface area contributed by atoms with Gasteiger partial charge >= 0.3 is 6.18 Å². The van der Waals surface area contributed by atoms with Crippen molar-refractivity contribution in [1.29, 1.82) is 0 Å². The number of aromatic hydroxyl groups is 1. The van der Waals surface area contributed by atoms with E-state index in [2.05, 4.69) is 0 Å². The van der Waals surface area contributed by atoms with Gasteiger partial charge in [0.05, 0.1) is 9.13 Å². The van der Waals surface area contributed by atoms with Crippen LogP contribution >= 0.6 is 34.2 Å². The molecular weight excluding hydrogens is 319 g/mol. The first-order chi connectivity index (χ1) is 5.82. The summed E-state index contributed by atoms with van der Waals surface area (Å²) in [4.78, 5) is 0. The standard InChI is InChI=1S/C7H3ClF3IO/c8-3-1-4(7(9,10)11)6(12)5(13)2-3/h1-2,13H. The molecule has 0 aliphatic heterocycles. The molecule has 0 aliphatic carbocycles. The van der Waals surface area contributed by atoms with Crippen molar-refractivity contribution in [2.24, 2.45) is 0 Å². The summed E-state index contributed by atoms with van der Waals surface area (Å²) >= 11 is 6.78.